The van der Waals surface area contributed by atoms with E-state index in [1.165, 1.54) is 16.4 Å². The number of hydrogen-bond acceptors (Lipinski definition) is 7. The Hall–Kier alpha value is -3.48. The Morgan fingerprint density at radius 2 is 1.60 bits per heavy atom. The smallest absolute Gasteiger partial charge is 0.329 e. The number of urea groups is 1. The van der Waals surface area contributed by atoms with Gasteiger partial charge in [-0.3, -0.25) is 4.79 Å². The number of carbonyl (C=O) groups excluding carboxylic acids is 3. The summed E-state index contributed by atoms with van der Waals surface area (Å²) < 4.78 is 33.4. The fourth-order valence-electron chi connectivity index (χ4n) is 5.08. The summed E-state index contributed by atoms with van der Waals surface area (Å²) in [6, 6.07) is 11.5. The van der Waals surface area contributed by atoms with E-state index in [9.17, 15) is 22.8 Å². The molecule has 2 N–H and O–H groups in total. The van der Waals surface area contributed by atoms with E-state index in [-0.39, 0.29) is 23.9 Å². The van der Waals surface area contributed by atoms with E-state index in [2.05, 4.69) is 15.5 Å². The van der Waals surface area contributed by atoms with Crippen molar-refractivity contribution < 1.29 is 27.5 Å². The quantitative estimate of drug-likeness (QED) is 0.424. The van der Waals surface area contributed by atoms with Crippen LogP contribution in [0, 0.1) is 6.92 Å². The van der Waals surface area contributed by atoms with Crippen molar-refractivity contribution in [1.82, 2.24) is 19.4 Å². The molecular formula is C30H41N5O6S. The Morgan fingerprint density at radius 3 is 2.21 bits per heavy atom. The van der Waals surface area contributed by atoms with Crippen molar-refractivity contribution in [3.05, 3.63) is 59.7 Å². The second kappa shape index (κ2) is 13.7. The van der Waals surface area contributed by atoms with Crippen LogP contribution < -0.4 is 10.6 Å². The molecule has 2 fully saturated rings. The Labute approximate surface area is 248 Å². The largest absolute Gasteiger partial charge is 0.461 e. The van der Waals surface area contributed by atoms with E-state index >= 15 is 0 Å². The molecule has 0 unspecified atom stereocenters. The van der Waals surface area contributed by atoms with E-state index in [1.54, 1.807) is 55.1 Å². The van der Waals surface area contributed by atoms with Crippen LogP contribution in [-0.4, -0.2) is 98.4 Å². The summed E-state index contributed by atoms with van der Waals surface area (Å²) in [4.78, 5) is 43.2. The molecule has 2 atom stereocenters. The van der Waals surface area contributed by atoms with Crippen LogP contribution in [0.4, 0.5) is 10.5 Å². The minimum Gasteiger partial charge on any atom is -0.461 e. The predicted octanol–water partition coefficient (Wildman–Crippen LogP) is 2.61. The van der Waals surface area contributed by atoms with Gasteiger partial charge in [0.15, 0.2) is 0 Å². The van der Waals surface area contributed by atoms with Gasteiger partial charge >= 0.3 is 12.0 Å². The monoisotopic (exact) mass is 599 g/mol. The lowest BCUT2D eigenvalue weighted by Gasteiger charge is -2.32. The van der Waals surface area contributed by atoms with Crippen molar-refractivity contribution in [3.63, 3.8) is 0 Å². The zero-order valence-corrected chi connectivity index (χ0v) is 25.5. The van der Waals surface area contributed by atoms with Crippen molar-refractivity contribution in [2.45, 2.75) is 63.1 Å². The number of amides is 3. The van der Waals surface area contributed by atoms with Gasteiger partial charge in [0, 0.05) is 44.8 Å². The first-order chi connectivity index (χ1) is 19.9. The molecule has 4 rings (SSSR count). The van der Waals surface area contributed by atoms with Gasteiger partial charge in [-0.25, -0.2) is 18.0 Å². The molecular weight excluding hydrogens is 558 g/mol. The van der Waals surface area contributed by atoms with E-state index in [1.807, 2.05) is 14.0 Å². The van der Waals surface area contributed by atoms with Crippen molar-refractivity contribution in [2.75, 3.05) is 45.1 Å². The molecule has 11 nitrogen and oxygen atoms in total. The third-order valence-electron chi connectivity index (χ3n) is 7.52. The SMILES string of the molecule is Cc1ccc(S(=O)(=O)N2CCC[C@H]2C(=O)N[C@@H](Cc2ccc(NC(=O)N3CCN(C)CC3)cc2)C(=O)OC(C)C)cc1. The number of hydrogen-bond donors (Lipinski definition) is 2. The second-order valence-corrected chi connectivity index (χ2v) is 13.1. The summed E-state index contributed by atoms with van der Waals surface area (Å²) in [5.41, 5.74) is 2.30. The lowest BCUT2D eigenvalue weighted by atomic mass is 10.0. The highest BCUT2D eigenvalue weighted by Crippen LogP contribution is 2.27. The lowest BCUT2D eigenvalue weighted by Crippen LogP contribution is -2.52. The Kier molecular flexibility index (Phi) is 10.2. The van der Waals surface area contributed by atoms with Crippen LogP contribution in [0.15, 0.2) is 53.4 Å². The first kappa shape index (κ1) is 31.5. The van der Waals surface area contributed by atoms with Crippen LogP contribution in [0.3, 0.4) is 0 Å². The number of likely N-dealkylation sites (N-methyl/N-ethyl adjacent to an activating group) is 1. The maximum atomic E-state index is 13.4. The van der Waals surface area contributed by atoms with Crippen molar-refractivity contribution in [1.29, 1.82) is 0 Å². The van der Waals surface area contributed by atoms with Gasteiger partial charge in [-0.15, -0.1) is 0 Å². The molecule has 2 aliphatic heterocycles. The number of rotatable bonds is 9. The summed E-state index contributed by atoms with van der Waals surface area (Å²) in [7, 11) is -1.87. The van der Waals surface area contributed by atoms with Crippen LogP contribution >= 0.6 is 0 Å². The maximum Gasteiger partial charge on any atom is 0.329 e. The molecule has 228 valence electrons. The van der Waals surface area contributed by atoms with E-state index in [4.69, 9.17) is 4.74 Å². The lowest BCUT2D eigenvalue weighted by molar-refractivity contribution is -0.151. The van der Waals surface area contributed by atoms with Crippen LogP contribution in [0.25, 0.3) is 0 Å². The Balaban J connectivity index is 1.44. The highest BCUT2D eigenvalue weighted by Gasteiger charge is 2.40. The molecule has 0 saturated carbocycles. The molecule has 0 aromatic heterocycles. The minimum absolute atomic E-state index is 0.128. The van der Waals surface area contributed by atoms with Crippen LogP contribution in [0.5, 0.6) is 0 Å². The maximum absolute atomic E-state index is 13.4. The number of sulfonamides is 1. The number of benzene rings is 2. The molecule has 2 heterocycles. The number of carbonyl (C=O) groups is 3. The van der Waals surface area contributed by atoms with Gasteiger partial charge in [-0.1, -0.05) is 29.8 Å². The molecule has 2 aromatic carbocycles. The molecule has 3 amide bonds. The first-order valence-corrected chi connectivity index (χ1v) is 15.8. The molecule has 12 heteroatoms. The number of esters is 1. The fraction of sp³-hybridized carbons (Fsp3) is 0.500. The van der Waals surface area contributed by atoms with E-state index in [0.29, 0.717) is 31.6 Å². The predicted molar refractivity (Wildman–Crippen MR) is 159 cm³/mol. The van der Waals surface area contributed by atoms with Gasteiger partial charge < -0.3 is 25.2 Å². The van der Waals surface area contributed by atoms with Crippen LogP contribution in [0.2, 0.25) is 0 Å². The van der Waals surface area contributed by atoms with E-state index in [0.717, 1.165) is 24.2 Å². The van der Waals surface area contributed by atoms with Gasteiger partial charge in [0.2, 0.25) is 15.9 Å². The second-order valence-electron chi connectivity index (χ2n) is 11.3. The summed E-state index contributed by atoms with van der Waals surface area (Å²) in [6.45, 7) is 8.50. The molecule has 0 radical (unpaired) electrons. The molecule has 2 aliphatic rings. The topological polar surface area (TPSA) is 128 Å². The Bertz CT molecular complexity index is 1360. The number of aryl methyl sites for hydroxylation is 1. The highest BCUT2D eigenvalue weighted by atomic mass is 32.2. The molecule has 0 bridgehead atoms. The fourth-order valence-corrected chi connectivity index (χ4v) is 6.74. The summed E-state index contributed by atoms with van der Waals surface area (Å²) >= 11 is 0. The zero-order valence-electron chi connectivity index (χ0n) is 24.7. The standard InChI is InChI=1S/C30H41N5O6S/c1-21(2)41-29(37)26(20-23-9-11-24(12-10-23)31-30(38)34-18-16-33(4)17-19-34)32-28(36)27-6-5-15-35(27)42(39,40)25-13-7-22(3)8-14-25/h7-14,21,26-27H,5-6,15-20H2,1-4H3,(H,31,38)(H,32,36)/t26-,27-/m0/s1. The number of nitrogens with zero attached hydrogens (tertiary/aromatic N) is 3. The highest BCUT2D eigenvalue weighted by molar-refractivity contribution is 7.89. The third-order valence-corrected chi connectivity index (χ3v) is 9.44. The number of anilines is 1. The van der Waals surface area contributed by atoms with Gasteiger partial charge in [-0.2, -0.15) is 4.31 Å². The Morgan fingerprint density at radius 1 is 0.952 bits per heavy atom. The molecule has 0 spiro atoms. The van der Waals surface area contributed by atoms with Crippen LogP contribution in [0.1, 0.15) is 37.8 Å². The van der Waals surface area contributed by atoms with Crippen molar-refractivity contribution in [3.8, 4) is 0 Å². The third kappa shape index (κ3) is 7.87. The summed E-state index contributed by atoms with van der Waals surface area (Å²) in [6.07, 6.45) is 0.631. The van der Waals surface area contributed by atoms with Crippen molar-refractivity contribution >= 4 is 33.6 Å². The van der Waals surface area contributed by atoms with Crippen LogP contribution in [-0.2, 0) is 30.8 Å². The van der Waals surface area contributed by atoms with Gasteiger partial charge in [0.05, 0.1) is 11.0 Å². The average Bonchev–Trinajstić information content (AvgIpc) is 3.45. The number of piperazine rings is 1. The zero-order chi connectivity index (χ0) is 30.4. The van der Waals surface area contributed by atoms with Crippen molar-refractivity contribution in [2.24, 2.45) is 0 Å². The van der Waals surface area contributed by atoms with Gasteiger partial charge in [-0.05, 0) is 70.5 Å². The molecule has 42 heavy (non-hydrogen) atoms. The number of nitrogens with one attached hydrogen (secondary N) is 2. The molecule has 2 saturated heterocycles. The molecule has 0 aliphatic carbocycles. The minimum atomic E-state index is -3.89. The normalized spacial score (nSPS) is 19.0. The molecule has 2 aromatic rings. The average molecular weight is 600 g/mol. The van der Waals surface area contributed by atoms with Gasteiger partial charge in [0.25, 0.3) is 0 Å². The first-order valence-electron chi connectivity index (χ1n) is 14.4. The van der Waals surface area contributed by atoms with E-state index < -0.39 is 40.1 Å². The van der Waals surface area contributed by atoms with Gasteiger partial charge in [0.1, 0.15) is 12.1 Å². The number of ether oxygens (including phenoxy) is 1. The summed E-state index contributed by atoms with van der Waals surface area (Å²) in [5, 5.41) is 5.67. The summed E-state index contributed by atoms with van der Waals surface area (Å²) in [5.74, 6) is -1.14.